The molecule has 0 amide bonds. The van der Waals surface area contributed by atoms with Crippen LogP contribution in [0.4, 0.5) is 5.69 Å². The molecule has 1 aromatic rings. The fraction of sp³-hybridized carbons (Fsp3) is 0.357. The minimum atomic E-state index is -2.97. The van der Waals surface area contributed by atoms with E-state index in [1.165, 1.54) is 6.08 Å². The van der Waals surface area contributed by atoms with Crippen molar-refractivity contribution >= 4 is 39.2 Å². The third kappa shape index (κ3) is 3.98. The number of aliphatic carboxylic acids is 1. The molecule has 1 fully saturated rings. The second kappa shape index (κ2) is 6.07. The van der Waals surface area contributed by atoms with Crippen molar-refractivity contribution in [1.82, 2.24) is 0 Å². The molecule has 2 rings (SSSR count). The van der Waals surface area contributed by atoms with Gasteiger partial charge in [-0.3, -0.25) is 0 Å². The molecule has 1 aromatic carbocycles. The Morgan fingerprint density at radius 2 is 2.19 bits per heavy atom. The molecule has 0 saturated carbocycles. The van der Waals surface area contributed by atoms with Gasteiger partial charge >= 0.3 is 5.97 Å². The molecule has 21 heavy (non-hydrogen) atoms. The zero-order chi connectivity index (χ0) is 15.6. The summed E-state index contributed by atoms with van der Waals surface area (Å²) >= 11 is 6.24. The van der Waals surface area contributed by atoms with Crippen LogP contribution in [0.1, 0.15) is 12.5 Å². The van der Waals surface area contributed by atoms with Crippen LogP contribution in [-0.4, -0.2) is 43.6 Å². The summed E-state index contributed by atoms with van der Waals surface area (Å²) in [5.74, 6) is -0.789. The lowest BCUT2D eigenvalue weighted by Gasteiger charge is -2.35. The topological polar surface area (TPSA) is 74.7 Å². The van der Waals surface area contributed by atoms with Gasteiger partial charge in [0.25, 0.3) is 0 Å². The standard InChI is InChI=1S/C14H16ClNO4S/c1-10-9-21(19,20)7-6-16(10)13-4-2-11(8-12(13)15)3-5-14(17)18/h2-5,8,10H,6-7,9H2,1H3,(H,17,18)/b5-3+. The first-order valence-corrected chi connectivity index (χ1v) is 8.66. The second-order valence-corrected chi connectivity index (χ2v) is 7.68. The predicted octanol–water partition coefficient (Wildman–Crippen LogP) is 2.06. The monoisotopic (exact) mass is 329 g/mol. The van der Waals surface area contributed by atoms with Crippen LogP contribution in [-0.2, 0) is 14.6 Å². The van der Waals surface area contributed by atoms with E-state index < -0.39 is 15.8 Å². The van der Waals surface area contributed by atoms with E-state index in [4.69, 9.17) is 16.7 Å². The van der Waals surface area contributed by atoms with E-state index in [1.807, 2.05) is 11.8 Å². The Morgan fingerprint density at radius 3 is 2.76 bits per heavy atom. The number of carboxylic acid groups (broad SMARTS) is 1. The maximum atomic E-state index is 11.6. The van der Waals surface area contributed by atoms with Crippen LogP contribution in [0, 0.1) is 0 Å². The van der Waals surface area contributed by atoms with Crippen molar-refractivity contribution in [2.45, 2.75) is 13.0 Å². The number of benzene rings is 1. The molecule has 0 aliphatic carbocycles. The molecule has 0 spiro atoms. The number of anilines is 1. The summed E-state index contributed by atoms with van der Waals surface area (Å²) in [4.78, 5) is 12.5. The van der Waals surface area contributed by atoms with Gasteiger partial charge in [0.05, 0.1) is 22.2 Å². The number of hydrogen-bond acceptors (Lipinski definition) is 4. The molecule has 1 aliphatic rings. The Labute approximate surface area is 128 Å². The second-order valence-electron chi connectivity index (χ2n) is 5.04. The van der Waals surface area contributed by atoms with E-state index in [0.29, 0.717) is 17.1 Å². The molecule has 1 aliphatic heterocycles. The van der Waals surface area contributed by atoms with E-state index in [0.717, 1.165) is 11.8 Å². The number of carbonyl (C=O) groups is 1. The lowest BCUT2D eigenvalue weighted by molar-refractivity contribution is -0.131. The number of halogens is 1. The molecule has 7 heteroatoms. The molecule has 5 nitrogen and oxygen atoms in total. The summed E-state index contributed by atoms with van der Waals surface area (Å²) in [5.41, 5.74) is 1.45. The van der Waals surface area contributed by atoms with Crippen LogP contribution in [0.2, 0.25) is 5.02 Å². The molecule has 1 heterocycles. The van der Waals surface area contributed by atoms with Gasteiger partial charge in [0.1, 0.15) is 0 Å². The normalized spacial score (nSPS) is 21.6. The molecule has 0 aromatic heterocycles. The summed E-state index contributed by atoms with van der Waals surface area (Å²) in [6.45, 7) is 2.26. The predicted molar refractivity (Wildman–Crippen MR) is 83.6 cm³/mol. The third-order valence-electron chi connectivity index (χ3n) is 3.37. The van der Waals surface area contributed by atoms with Crippen molar-refractivity contribution in [1.29, 1.82) is 0 Å². The number of hydrogen-bond donors (Lipinski definition) is 1. The molecule has 1 atom stereocenters. The van der Waals surface area contributed by atoms with Gasteiger partial charge in [-0.05, 0) is 30.7 Å². The van der Waals surface area contributed by atoms with Gasteiger partial charge in [-0.1, -0.05) is 17.7 Å². The molecule has 1 saturated heterocycles. The fourth-order valence-corrected chi connectivity index (χ4v) is 4.24. The van der Waals surface area contributed by atoms with Crippen LogP contribution >= 0.6 is 11.6 Å². The summed E-state index contributed by atoms with van der Waals surface area (Å²) in [5, 5.41) is 9.08. The van der Waals surface area contributed by atoms with Crippen LogP contribution in [0.25, 0.3) is 6.08 Å². The van der Waals surface area contributed by atoms with Gasteiger partial charge in [-0.2, -0.15) is 0 Å². The van der Waals surface area contributed by atoms with Crippen molar-refractivity contribution in [3.8, 4) is 0 Å². The SMILES string of the molecule is CC1CS(=O)(=O)CCN1c1ccc(/C=C/C(=O)O)cc1Cl. The largest absolute Gasteiger partial charge is 0.478 e. The number of nitrogens with zero attached hydrogens (tertiary/aromatic N) is 1. The number of rotatable bonds is 3. The first-order valence-electron chi connectivity index (χ1n) is 6.46. The quantitative estimate of drug-likeness (QED) is 0.859. The van der Waals surface area contributed by atoms with Crippen LogP contribution < -0.4 is 4.90 Å². The highest BCUT2D eigenvalue weighted by Crippen LogP contribution is 2.30. The summed E-state index contributed by atoms with van der Waals surface area (Å²) in [7, 11) is -2.97. The van der Waals surface area contributed by atoms with Crippen molar-refractivity contribution in [3.63, 3.8) is 0 Å². The fourth-order valence-electron chi connectivity index (χ4n) is 2.38. The van der Waals surface area contributed by atoms with Crippen LogP contribution in [0.15, 0.2) is 24.3 Å². The molecule has 1 N–H and O–H groups in total. The van der Waals surface area contributed by atoms with E-state index in [9.17, 15) is 13.2 Å². The highest BCUT2D eigenvalue weighted by molar-refractivity contribution is 7.91. The van der Waals surface area contributed by atoms with E-state index in [1.54, 1.807) is 18.2 Å². The zero-order valence-electron chi connectivity index (χ0n) is 11.5. The molecule has 0 radical (unpaired) electrons. The highest BCUT2D eigenvalue weighted by atomic mass is 35.5. The van der Waals surface area contributed by atoms with Gasteiger partial charge < -0.3 is 10.0 Å². The smallest absolute Gasteiger partial charge is 0.328 e. The molecule has 114 valence electrons. The Balaban J connectivity index is 2.23. The Kier molecular flexibility index (Phi) is 4.58. The minimum Gasteiger partial charge on any atom is -0.478 e. The maximum absolute atomic E-state index is 11.6. The van der Waals surface area contributed by atoms with Gasteiger partial charge in [0.15, 0.2) is 9.84 Å². The summed E-state index contributed by atoms with van der Waals surface area (Å²) in [6, 6.07) is 5.09. The van der Waals surface area contributed by atoms with Crippen molar-refractivity contribution < 1.29 is 18.3 Å². The Hall–Kier alpha value is -1.53. The molecule has 0 bridgehead atoms. The van der Waals surface area contributed by atoms with Crippen LogP contribution in [0.3, 0.4) is 0 Å². The highest BCUT2D eigenvalue weighted by Gasteiger charge is 2.29. The van der Waals surface area contributed by atoms with Gasteiger partial charge in [-0.25, -0.2) is 13.2 Å². The van der Waals surface area contributed by atoms with Crippen LogP contribution in [0.5, 0.6) is 0 Å². The van der Waals surface area contributed by atoms with Gasteiger partial charge in [0, 0.05) is 18.7 Å². The van der Waals surface area contributed by atoms with Crippen molar-refractivity contribution in [2.75, 3.05) is 23.0 Å². The van der Waals surface area contributed by atoms with E-state index in [2.05, 4.69) is 0 Å². The summed E-state index contributed by atoms with van der Waals surface area (Å²) < 4.78 is 23.2. The number of carboxylic acids is 1. The lowest BCUT2D eigenvalue weighted by atomic mass is 10.1. The van der Waals surface area contributed by atoms with E-state index in [-0.39, 0.29) is 17.5 Å². The molecular weight excluding hydrogens is 314 g/mol. The van der Waals surface area contributed by atoms with Crippen molar-refractivity contribution in [3.05, 3.63) is 34.9 Å². The van der Waals surface area contributed by atoms with Gasteiger partial charge in [-0.15, -0.1) is 0 Å². The first-order chi connectivity index (χ1) is 9.78. The Bertz CT molecular complexity index is 684. The van der Waals surface area contributed by atoms with E-state index >= 15 is 0 Å². The summed E-state index contributed by atoms with van der Waals surface area (Å²) in [6.07, 6.45) is 2.50. The maximum Gasteiger partial charge on any atom is 0.328 e. The number of sulfone groups is 1. The molecular formula is C14H16ClNO4S. The average molecular weight is 330 g/mol. The lowest BCUT2D eigenvalue weighted by Crippen LogP contribution is -2.47. The first kappa shape index (κ1) is 15.9. The average Bonchev–Trinajstić information content (AvgIpc) is 2.36. The Morgan fingerprint density at radius 1 is 1.48 bits per heavy atom. The third-order valence-corrected chi connectivity index (χ3v) is 5.47. The molecule has 1 unspecified atom stereocenters. The van der Waals surface area contributed by atoms with Crippen molar-refractivity contribution in [2.24, 2.45) is 0 Å². The van der Waals surface area contributed by atoms with Gasteiger partial charge in [0.2, 0.25) is 0 Å². The zero-order valence-corrected chi connectivity index (χ0v) is 13.1. The minimum absolute atomic E-state index is 0.115.